The zero-order chi connectivity index (χ0) is 16.5. The third-order valence-corrected chi connectivity index (χ3v) is 5.18. The smallest absolute Gasteiger partial charge is 0.660 e. The molecule has 0 saturated carbocycles. The van der Waals surface area contributed by atoms with E-state index < -0.39 is 7.94 Å². The molecule has 0 rings (SSSR count). The van der Waals surface area contributed by atoms with Crippen LogP contribution in [0.1, 0.15) is 110 Å². The van der Waals surface area contributed by atoms with Crippen molar-refractivity contribution < 1.29 is 44.2 Å². The molecule has 0 saturated heterocycles. The van der Waals surface area contributed by atoms with E-state index in [4.69, 9.17) is 4.89 Å². The number of unbranched alkanes of at least 4 members (excludes halogenated alkanes) is 15. The Hall–Kier alpha value is 1.31. The molecule has 134 valence electrons. The molecule has 0 unspecified atom stereocenters. The summed E-state index contributed by atoms with van der Waals surface area (Å²) in [7, 11) is -4.00. The Balaban J connectivity index is 0. The van der Waals surface area contributed by atoms with E-state index in [1.807, 2.05) is 0 Å². The molecule has 0 aromatic rings. The van der Waals surface area contributed by atoms with Crippen molar-refractivity contribution in [3.63, 3.8) is 0 Å². The van der Waals surface area contributed by atoms with E-state index in [1.165, 1.54) is 83.5 Å². The van der Waals surface area contributed by atoms with E-state index in [9.17, 15) is 9.79 Å². The molecule has 0 aliphatic rings. The van der Waals surface area contributed by atoms with Gasteiger partial charge in [0.1, 0.15) is 0 Å². The Morgan fingerprint density at radius 2 is 0.826 bits per heavy atom. The van der Waals surface area contributed by atoms with Gasteiger partial charge in [-0.05, 0) is 12.8 Å². The van der Waals surface area contributed by atoms with Gasteiger partial charge in [-0.2, -0.15) is 0 Å². The van der Waals surface area contributed by atoms with Crippen LogP contribution in [0.4, 0.5) is 0 Å². The maximum Gasteiger partial charge on any atom is 1.00 e. The zero-order valence-corrected chi connectivity index (χ0v) is 18.6. The normalized spacial score (nSPS) is 11.5. The summed E-state index contributed by atoms with van der Waals surface area (Å²) in [6.45, 7) is 2.26. The predicted molar refractivity (Wildman–Crippen MR) is 93.6 cm³/mol. The van der Waals surface area contributed by atoms with Crippen LogP contribution in [-0.4, -0.2) is 11.1 Å². The molecule has 0 fully saturated rings. The molecule has 0 aromatic heterocycles. The minimum Gasteiger partial charge on any atom is -0.660 e. The van der Waals surface area contributed by atoms with E-state index in [1.54, 1.807) is 0 Å². The second-order valence-electron chi connectivity index (χ2n) is 6.66. The number of hydrogen-bond acceptors (Lipinski definition) is 3. The van der Waals surface area contributed by atoms with Crippen molar-refractivity contribution in [2.24, 2.45) is 0 Å². The second kappa shape index (κ2) is 19.6. The van der Waals surface area contributed by atoms with E-state index in [0.717, 1.165) is 12.8 Å². The molecule has 5 heteroatoms. The molecule has 0 bridgehead atoms. The molecule has 0 radical (unpaired) electrons. The summed E-state index contributed by atoms with van der Waals surface area (Å²) in [6.07, 6.45) is 20.3. The standard InChI is InChI=1S/C18H39O3P.Na/c1-2-3-4-5-6-7-8-9-10-11-12-13-14-15-16-17-18-22(19,20)21;/h2-18H2,1H3,(H2,19,20,21);/q;+1/p-1. The monoisotopic (exact) mass is 356 g/mol. The molecule has 0 spiro atoms. The molecule has 0 aliphatic carbocycles. The molecule has 23 heavy (non-hydrogen) atoms. The Bertz CT molecular complexity index is 223. The van der Waals surface area contributed by atoms with Crippen LogP contribution in [0.5, 0.6) is 0 Å². The van der Waals surface area contributed by atoms with Crippen LogP contribution >= 0.6 is 7.94 Å². The van der Waals surface area contributed by atoms with Gasteiger partial charge in [-0.15, -0.1) is 0 Å². The van der Waals surface area contributed by atoms with Crippen molar-refractivity contribution in [2.75, 3.05) is 6.16 Å². The van der Waals surface area contributed by atoms with E-state index >= 15 is 0 Å². The summed E-state index contributed by atoms with van der Waals surface area (Å²) >= 11 is 0. The average Bonchev–Trinajstić information content (AvgIpc) is 2.45. The average molecular weight is 356 g/mol. The van der Waals surface area contributed by atoms with Crippen molar-refractivity contribution in [1.29, 1.82) is 0 Å². The summed E-state index contributed by atoms with van der Waals surface area (Å²) in [5.74, 6) is 0. The quantitative estimate of drug-likeness (QED) is 0.245. The van der Waals surface area contributed by atoms with Crippen LogP contribution in [0.2, 0.25) is 0 Å². The van der Waals surface area contributed by atoms with Gasteiger partial charge in [0.25, 0.3) is 0 Å². The van der Waals surface area contributed by atoms with E-state index in [2.05, 4.69) is 6.92 Å². The molecule has 1 N–H and O–H groups in total. The van der Waals surface area contributed by atoms with E-state index in [0.29, 0.717) is 6.42 Å². The third-order valence-electron chi connectivity index (χ3n) is 4.29. The first-order chi connectivity index (χ1) is 10.6. The van der Waals surface area contributed by atoms with E-state index in [-0.39, 0.29) is 35.7 Å². The molecule has 0 amide bonds. The van der Waals surface area contributed by atoms with Crippen molar-refractivity contribution in [3.8, 4) is 0 Å². The third kappa shape index (κ3) is 25.7. The maximum atomic E-state index is 10.6. The number of rotatable bonds is 17. The fourth-order valence-corrected chi connectivity index (χ4v) is 3.48. The van der Waals surface area contributed by atoms with Crippen LogP contribution < -0.4 is 39.3 Å². The van der Waals surface area contributed by atoms with Gasteiger partial charge >= 0.3 is 29.6 Å². The summed E-state index contributed by atoms with van der Waals surface area (Å²) in [4.78, 5) is 29.8. The Labute approximate surface area is 167 Å². The van der Waals surface area contributed by atoms with Crippen LogP contribution in [0, 0.1) is 0 Å². The van der Waals surface area contributed by atoms with Crippen LogP contribution in [0.25, 0.3) is 0 Å². The summed E-state index contributed by atoms with van der Waals surface area (Å²) in [6, 6.07) is 0. The van der Waals surface area contributed by atoms with Crippen LogP contribution in [-0.2, 0) is 0 Å². The molecule has 0 aliphatic heterocycles. The van der Waals surface area contributed by atoms with Crippen molar-refractivity contribution >= 4 is 7.94 Å². The zero-order valence-electron chi connectivity index (χ0n) is 15.7. The maximum absolute atomic E-state index is 10.6. The molecule has 3 nitrogen and oxygen atoms in total. The van der Waals surface area contributed by atoms with Gasteiger partial charge in [0.05, 0.1) is 6.16 Å². The largest absolute Gasteiger partial charge is 1.00 e. The van der Waals surface area contributed by atoms with Gasteiger partial charge < -0.3 is 9.79 Å². The molecule has 0 aromatic carbocycles. The van der Waals surface area contributed by atoms with Gasteiger partial charge in [0, 0.05) is 7.94 Å². The van der Waals surface area contributed by atoms with Crippen LogP contribution in [0.3, 0.4) is 0 Å². The summed E-state index contributed by atoms with van der Waals surface area (Å²) in [5, 5.41) is 0. The fourth-order valence-electron chi connectivity index (χ4n) is 2.86. The first-order valence-electron chi connectivity index (χ1n) is 9.59. The second-order valence-corrected chi connectivity index (χ2v) is 8.39. The minimum atomic E-state index is -4.00. The minimum absolute atomic E-state index is 0. The van der Waals surface area contributed by atoms with Crippen molar-refractivity contribution in [2.45, 2.75) is 110 Å². The topological polar surface area (TPSA) is 66.3 Å². The predicted octanol–water partition coefficient (Wildman–Crippen LogP) is 1.73. The first kappa shape index (κ1) is 26.5. The Kier molecular flexibility index (Phi) is 22.7. The SMILES string of the molecule is CCCCCCCCCCCCCCCCCC[P+]([O-])([O-])O.[Na+]. The molecule has 0 atom stereocenters. The van der Waals surface area contributed by atoms with Gasteiger partial charge in [-0.25, -0.2) is 0 Å². The van der Waals surface area contributed by atoms with Gasteiger partial charge in [-0.3, -0.25) is 4.89 Å². The fraction of sp³-hybridized carbons (Fsp3) is 1.00. The van der Waals surface area contributed by atoms with Crippen molar-refractivity contribution in [1.82, 2.24) is 0 Å². The first-order valence-corrected chi connectivity index (χ1v) is 11.4. The van der Waals surface area contributed by atoms with Gasteiger partial charge in [0.2, 0.25) is 0 Å². The molecule has 0 heterocycles. The summed E-state index contributed by atoms with van der Waals surface area (Å²) < 4.78 is 0. The number of hydrogen-bond donors (Lipinski definition) is 1. The van der Waals surface area contributed by atoms with Crippen LogP contribution in [0.15, 0.2) is 0 Å². The van der Waals surface area contributed by atoms with Gasteiger partial charge in [0.15, 0.2) is 0 Å². The Morgan fingerprint density at radius 1 is 0.565 bits per heavy atom. The van der Waals surface area contributed by atoms with Gasteiger partial charge in [-0.1, -0.05) is 96.8 Å². The molecular weight excluding hydrogens is 318 g/mol. The Morgan fingerprint density at radius 3 is 1.09 bits per heavy atom. The summed E-state index contributed by atoms with van der Waals surface area (Å²) in [5.41, 5.74) is 0. The molecular formula is C18H38NaO3P. The van der Waals surface area contributed by atoms with Crippen molar-refractivity contribution in [3.05, 3.63) is 0 Å².